The SMILES string of the molecule is CC(C)(C(N)=O)N1CCN(C(=O)c2ccc(Oc3cccc(Br)c3)nc2)CC1. The van der Waals surface area contributed by atoms with Gasteiger partial charge in [0.2, 0.25) is 11.8 Å². The van der Waals surface area contributed by atoms with Gasteiger partial charge in [-0.2, -0.15) is 0 Å². The molecule has 148 valence electrons. The smallest absolute Gasteiger partial charge is 0.255 e. The molecule has 2 amide bonds. The molecule has 0 unspecified atom stereocenters. The molecular formula is C20H23BrN4O3. The Kier molecular flexibility index (Phi) is 6.00. The Bertz CT molecular complexity index is 862. The Morgan fingerprint density at radius 2 is 1.86 bits per heavy atom. The summed E-state index contributed by atoms with van der Waals surface area (Å²) >= 11 is 3.39. The number of hydrogen-bond donors (Lipinski definition) is 1. The van der Waals surface area contributed by atoms with Gasteiger partial charge >= 0.3 is 0 Å². The highest BCUT2D eigenvalue weighted by Gasteiger charge is 2.35. The van der Waals surface area contributed by atoms with E-state index in [-0.39, 0.29) is 11.8 Å². The molecule has 8 heteroatoms. The van der Waals surface area contributed by atoms with Crippen molar-refractivity contribution in [3.8, 4) is 11.6 Å². The molecule has 0 radical (unpaired) electrons. The number of carbonyl (C=O) groups excluding carboxylic acids is 2. The molecule has 1 fully saturated rings. The maximum atomic E-state index is 12.7. The summed E-state index contributed by atoms with van der Waals surface area (Å²) < 4.78 is 6.61. The summed E-state index contributed by atoms with van der Waals surface area (Å²) in [6.45, 7) is 5.87. The van der Waals surface area contributed by atoms with E-state index in [1.165, 1.54) is 6.20 Å². The lowest BCUT2D eigenvalue weighted by atomic mass is 10.0. The van der Waals surface area contributed by atoms with Crippen LogP contribution in [0.3, 0.4) is 0 Å². The van der Waals surface area contributed by atoms with Crippen LogP contribution >= 0.6 is 15.9 Å². The molecule has 2 heterocycles. The summed E-state index contributed by atoms with van der Waals surface area (Å²) in [5, 5.41) is 0. The van der Waals surface area contributed by atoms with Crippen molar-refractivity contribution in [2.75, 3.05) is 26.2 Å². The zero-order valence-corrected chi connectivity index (χ0v) is 17.5. The van der Waals surface area contributed by atoms with Crippen LogP contribution in [0.15, 0.2) is 47.1 Å². The number of carbonyl (C=O) groups is 2. The summed E-state index contributed by atoms with van der Waals surface area (Å²) in [6, 6.07) is 10.8. The first kappa shape index (κ1) is 20.3. The van der Waals surface area contributed by atoms with Gasteiger partial charge in [-0.15, -0.1) is 0 Å². The van der Waals surface area contributed by atoms with Crippen LogP contribution < -0.4 is 10.5 Å². The molecule has 3 rings (SSSR count). The molecule has 7 nitrogen and oxygen atoms in total. The molecule has 0 saturated carbocycles. The second kappa shape index (κ2) is 8.28. The summed E-state index contributed by atoms with van der Waals surface area (Å²) in [5.41, 5.74) is 5.26. The predicted octanol–water partition coefficient (Wildman–Crippen LogP) is 2.66. The molecule has 0 atom stereocenters. The van der Waals surface area contributed by atoms with Crippen LogP contribution in [0.2, 0.25) is 0 Å². The zero-order valence-electron chi connectivity index (χ0n) is 15.9. The molecule has 28 heavy (non-hydrogen) atoms. The first-order valence-corrected chi connectivity index (χ1v) is 9.80. The van der Waals surface area contributed by atoms with Crippen LogP contribution in [0.5, 0.6) is 11.6 Å². The lowest BCUT2D eigenvalue weighted by Gasteiger charge is -2.42. The molecule has 1 saturated heterocycles. The minimum absolute atomic E-state index is 0.0852. The Labute approximate surface area is 172 Å². The highest BCUT2D eigenvalue weighted by atomic mass is 79.9. The number of piperazine rings is 1. The van der Waals surface area contributed by atoms with Gasteiger partial charge in [0.05, 0.1) is 11.1 Å². The van der Waals surface area contributed by atoms with E-state index < -0.39 is 5.54 Å². The van der Waals surface area contributed by atoms with Crippen LogP contribution in [-0.4, -0.2) is 58.3 Å². The summed E-state index contributed by atoms with van der Waals surface area (Å²) in [5.74, 6) is 0.632. The maximum absolute atomic E-state index is 12.7. The van der Waals surface area contributed by atoms with Crippen LogP contribution in [0.4, 0.5) is 0 Å². The molecule has 2 N–H and O–H groups in total. The molecule has 2 aromatic rings. The number of pyridine rings is 1. The first-order chi connectivity index (χ1) is 13.3. The third-order valence-electron chi connectivity index (χ3n) is 4.96. The molecule has 1 aromatic carbocycles. The lowest BCUT2D eigenvalue weighted by molar-refractivity contribution is -0.129. The van der Waals surface area contributed by atoms with Crippen molar-refractivity contribution in [3.63, 3.8) is 0 Å². The fraction of sp³-hybridized carbons (Fsp3) is 0.350. The van der Waals surface area contributed by atoms with Crippen molar-refractivity contribution in [1.82, 2.24) is 14.8 Å². The van der Waals surface area contributed by atoms with E-state index >= 15 is 0 Å². The normalized spacial score (nSPS) is 15.3. The molecule has 0 spiro atoms. The van der Waals surface area contributed by atoms with Crippen molar-refractivity contribution in [1.29, 1.82) is 0 Å². The maximum Gasteiger partial charge on any atom is 0.255 e. The molecule has 0 aliphatic carbocycles. The van der Waals surface area contributed by atoms with E-state index in [2.05, 4.69) is 20.9 Å². The summed E-state index contributed by atoms with van der Waals surface area (Å²) in [4.78, 5) is 32.4. The predicted molar refractivity (Wildman–Crippen MR) is 109 cm³/mol. The van der Waals surface area contributed by atoms with Crippen molar-refractivity contribution < 1.29 is 14.3 Å². The average molecular weight is 447 g/mol. The molecule has 1 aliphatic heterocycles. The third-order valence-corrected chi connectivity index (χ3v) is 5.46. The van der Waals surface area contributed by atoms with Gasteiger partial charge in [-0.05, 0) is 38.1 Å². The van der Waals surface area contributed by atoms with Gasteiger partial charge in [-0.25, -0.2) is 4.98 Å². The Morgan fingerprint density at radius 1 is 1.14 bits per heavy atom. The number of primary amides is 1. The number of halogens is 1. The quantitative estimate of drug-likeness (QED) is 0.762. The number of nitrogens with two attached hydrogens (primary N) is 1. The number of nitrogens with zero attached hydrogens (tertiary/aromatic N) is 3. The van der Waals surface area contributed by atoms with Crippen LogP contribution in [0.25, 0.3) is 0 Å². The fourth-order valence-corrected chi connectivity index (χ4v) is 3.40. The van der Waals surface area contributed by atoms with Gasteiger partial charge in [-0.1, -0.05) is 22.0 Å². The van der Waals surface area contributed by atoms with E-state index in [0.717, 1.165) is 4.47 Å². The number of ether oxygens (including phenoxy) is 1. The highest BCUT2D eigenvalue weighted by molar-refractivity contribution is 9.10. The fourth-order valence-electron chi connectivity index (χ4n) is 3.03. The molecule has 1 aromatic heterocycles. The topological polar surface area (TPSA) is 88.8 Å². The largest absolute Gasteiger partial charge is 0.439 e. The van der Waals surface area contributed by atoms with Crippen molar-refractivity contribution in [3.05, 3.63) is 52.6 Å². The standard InChI is InChI=1S/C20H23BrN4O3/c1-20(2,19(22)27)25-10-8-24(9-11-25)18(26)14-6-7-17(23-13-14)28-16-5-3-4-15(21)12-16/h3-7,12-13H,8-11H2,1-2H3,(H2,22,27). The van der Waals surface area contributed by atoms with Gasteiger partial charge in [-0.3, -0.25) is 14.5 Å². The van der Waals surface area contributed by atoms with Crippen molar-refractivity contribution >= 4 is 27.7 Å². The van der Waals surface area contributed by atoms with Crippen LogP contribution in [-0.2, 0) is 4.79 Å². The number of hydrogen-bond acceptors (Lipinski definition) is 5. The Morgan fingerprint density at radius 3 is 2.43 bits per heavy atom. The monoisotopic (exact) mass is 446 g/mol. The Balaban J connectivity index is 1.60. The van der Waals surface area contributed by atoms with E-state index in [0.29, 0.717) is 43.4 Å². The molecular weight excluding hydrogens is 424 g/mol. The van der Waals surface area contributed by atoms with Gasteiger partial charge in [0, 0.05) is 42.9 Å². The second-order valence-corrected chi connectivity index (χ2v) is 8.06. The lowest BCUT2D eigenvalue weighted by Crippen LogP contribution is -2.60. The van der Waals surface area contributed by atoms with E-state index in [9.17, 15) is 9.59 Å². The zero-order chi connectivity index (χ0) is 20.3. The van der Waals surface area contributed by atoms with E-state index in [4.69, 9.17) is 10.5 Å². The van der Waals surface area contributed by atoms with Crippen LogP contribution in [0.1, 0.15) is 24.2 Å². The first-order valence-electron chi connectivity index (χ1n) is 9.01. The van der Waals surface area contributed by atoms with E-state index in [1.54, 1.807) is 30.9 Å². The van der Waals surface area contributed by atoms with Crippen LogP contribution in [0, 0.1) is 0 Å². The second-order valence-electron chi connectivity index (χ2n) is 7.15. The third kappa shape index (κ3) is 4.51. The number of rotatable bonds is 5. The van der Waals surface area contributed by atoms with Crippen molar-refractivity contribution in [2.24, 2.45) is 5.73 Å². The highest BCUT2D eigenvalue weighted by Crippen LogP contribution is 2.23. The number of amides is 2. The van der Waals surface area contributed by atoms with Gasteiger partial charge < -0.3 is 15.4 Å². The average Bonchev–Trinajstić information content (AvgIpc) is 2.68. The van der Waals surface area contributed by atoms with Gasteiger partial charge in [0.1, 0.15) is 5.75 Å². The van der Waals surface area contributed by atoms with Crippen molar-refractivity contribution in [2.45, 2.75) is 19.4 Å². The molecule has 0 bridgehead atoms. The van der Waals surface area contributed by atoms with Gasteiger partial charge in [0.25, 0.3) is 5.91 Å². The number of aromatic nitrogens is 1. The Hall–Kier alpha value is -2.45. The number of benzene rings is 1. The summed E-state index contributed by atoms with van der Waals surface area (Å²) in [7, 11) is 0. The minimum atomic E-state index is -0.720. The van der Waals surface area contributed by atoms with E-state index in [1.807, 2.05) is 29.2 Å². The molecule has 1 aliphatic rings. The summed E-state index contributed by atoms with van der Waals surface area (Å²) in [6.07, 6.45) is 1.52. The van der Waals surface area contributed by atoms with Gasteiger partial charge in [0.15, 0.2) is 0 Å². The minimum Gasteiger partial charge on any atom is -0.439 e.